The lowest BCUT2D eigenvalue weighted by molar-refractivity contribution is -0.135. The number of nitrogens with zero attached hydrogens (tertiary/aromatic N) is 3. The Morgan fingerprint density at radius 3 is 2.62 bits per heavy atom. The van der Waals surface area contributed by atoms with Gasteiger partial charge in [-0.3, -0.25) is 14.2 Å². The minimum Gasteiger partial charge on any atom is -0.347 e. The van der Waals surface area contributed by atoms with Crippen LogP contribution in [-0.4, -0.2) is 55.3 Å². The maximum Gasteiger partial charge on any atom is 0.252 e. The Bertz CT molecular complexity index is 1100. The summed E-state index contributed by atoms with van der Waals surface area (Å²) in [6.45, 7) is 2.56. The molecule has 2 aromatic heterocycles. The second kappa shape index (κ2) is 7.37. The summed E-state index contributed by atoms with van der Waals surface area (Å²) in [5, 5.41) is 0. The number of carbonyl (C=O) groups excluding carboxylic acids is 1. The molecule has 0 unspecified atom stereocenters. The zero-order valence-corrected chi connectivity index (χ0v) is 18.4. The molecule has 0 saturated carbocycles. The summed E-state index contributed by atoms with van der Waals surface area (Å²) in [5.74, 6) is -0.516. The van der Waals surface area contributed by atoms with Crippen molar-refractivity contribution in [1.29, 1.82) is 0 Å². The summed E-state index contributed by atoms with van der Waals surface area (Å²) in [5.41, 5.74) is 0.536. The van der Waals surface area contributed by atoms with Crippen LogP contribution >= 0.6 is 11.3 Å². The van der Waals surface area contributed by atoms with E-state index in [1.807, 2.05) is 19.1 Å². The number of rotatable bonds is 4. The molecular weight excluding hydrogens is 410 g/mol. The fraction of sp³-hybridized carbons (Fsp3) is 0.500. The fourth-order valence-corrected chi connectivity index (χ4v) is 7.48. The van der Waals surface area contributed by atoms with Gasteiger partial charge in [-0.25, -0.2) is 8.42 Å². The molecule has 2 aliphatic rings. The van der Waals surface area contributed by atoms with Crippen LogP contribution in [0.3, 0.4) is 0 Å². The van der Waals surface area contributed by atoms with E-state index in [4.69, 9.17) is 0 Å². The number of carbonyl (C=O) groups is 1. The second-order valence-corrected chi connectivity index (χ2v) is 11.3. The van der Waals surface area contributed by atoms with Crippen molar-refractivity contribution >= 4 is 27.3 Å². The van der Waals surface area contributed by atoms with Crippen molar-refractivity contribution in [2.75, 3.05) is 27.2 Å². The summed E-state index contributed by atoms with van der Waals surface area (Å²) < 4.78 is 30.1. The smallest absolute Gasteiger partial charge is 0.252 e. The Labute approximate surface area is 174 Å². The normalized spacial score (nSPS) is 24.2. The summed E-state index contributed by atoms with van der Waals surface area (Å²) in [6, 6.07) is 7.84. The average molecular weight is 436 g/mol. The highest BCUT2D eigenvalue weighted by Crippen LogP contribution is 2.43. The van der Waals surface area contributed by atoms with Gasteiger partial charge in [0.15, 0.2) is 0 Å². The number of aromatic nitrogens is 1. The zero-order valence-electron chi connectivity index (χ0n) is 16.7. The molecule has 1 fully saturated rings. The van der Waals surface area contributed by atoms with Crippen molar-refractivity contribution in [3.05, 3.63) is 51.3 Å². The van der Waals surface area contributed by atoms with Gasteiger partial charge in [0, 0.05) is 55.7 Å². The van der Waals surface area contributed by atoms with E-state index in [1.165, 1.54) is 26.6 Å². The van der Waals surface area contributed by atoms with Crippen molar-refractivity contribution in [3.63, 3.8) is 0 Å². The largest absolute Gasteiger partial charge is 0.347 e. The lowest BCUT2D eigenvalue weighted by Gasteiger charge is -2.46. The van der Waals surface area contributed by atoms with Gasteiger partial charge < -0.3 is 4.90 Å². The summed E-state index contributed by atoms with van der Waals surface area (Å²) in [6.07, 6.45) is 1.49. The molecule has 1 saturated heterocycles. The standard InChI is InChI=1S/C20H25N3O4S2/c1-4-15-8-9-18(28-15)29(26,27)22-11-13-10-14(12-22)19(20(25)21(2)3)23-16(13)6-5-7-17(23)24/h5-9,13-14,19H,4,10-12H2,1-3H3/t13-,14+,19-/m1/s1. The molecule has 4 heterocycles. The number of piperidine rings is 1. The third-order valence-corrected chi connectivity index (χ3v) is 9.42. The number of amides is 1. The number of pyridine rings is 1. The van der Waals surface area contributed by atoms with E-state index >= 15 is 0 Å². The first-order valence-corrected chi connectivity index (χ1v) is 12.0. The first-order valence-electron chi connectivity index (χ1n) is 9.75. The van der Waals surface area contributed by atoms with Gasteiger partial charge >= 0.3 is 0 Å². The monoisotopic (exact) mass is 435 g/mol. The SMILES string of the molecule is CCc1ccc(S(=O)(=O)N2C[C@H]3C[C@@H](C2)[C@H](C(=O)N(C)C)n2c3cccc2=O)s1. The number of likely N-dealkylation sites (N-methyl/N-ethyl adjacent to an activating group) is 1. The fourth-order valence-electron chi connectivity index (χ4n) is 4.48. The number of sulfonamides is 1. The van der Waals surface area contributed by atoms with E-state index in [2.05, 4.69) is 0 Å². The topological polar surface area (TPSA) is 79.7 Å². The molecule has 2 bridgehead atoms. The molecule has 4 rings (SSSR count). The van der Waals surface area contributed by atoms with Crippen molar-refractivity contribution < 1.29 is 13.2 Å². The van der Waals surface area contributed by atoms with Crippen LogP contribution in [0.15, 0.2) is 39.3 Å². The molecule has 1 amide bonds. The molecule has 2 aromatic rings. The van der Waals surface area contributed by atoms with Gasteiger partial charge in [-0.05, 0) is 31.0 Å². The Morgan fingerprint density at radius 1 is 1.21 bits per heavy atom. The molecule has 0 aromatic carbocycles. The van der Waals surface area contributed by atoms with Crippen LogP contribution < -0.4 is 5.56 Å². The summed E-state index contributed by atoms with van der Waals surface area (Å²) in [4.78, 5) is 28.1. The number of thiophene rings is 1. The number of fused-ring (bicyclic) bond motifs is 4. The van der Waals surface area contributed by atoms with Crippen molar-refractivity contribution in [2.45, 2.75) is 35.9 Å². The van der Waals surface area contributed by atoms with Gasteiger partial charge in [0.2, 0.25) is 5.91 Å². The van der Waals surface area contributed by atoms with Crippen molar-refractivity contribution in [3.8, 4) is 0 Å². The second-order valence-electron chi connectivity index (χ2n) is 7.93. The highest BCUT2D eigenvalue weighted by Gasteiger charge is 2.47. The van der Waals surface area contributed by atoms with Gasteiger partial charge in [-0.2, -0.15) is 4.31 Å². The molecule has 29 heavy (non-hydrogen) atoms. The maximum absolute atomic E-state index is 13.3. The quantitative estimate of drug-likeness (QED) is 0.735. The van der Waals surface area contributed by atoms with E-state index in [9.17, 15) is 18.0 Å². The van der Waals surface area contributed by atoms with Crippen molar-refractivity contribution in [1.82, 2.24) is 13.8 Å². The first-order chi connectivity index (χ1) is 13.7. The van der Waals surface area contributed by atoms with E-state index in [-0.39, 0.29) is 29.8 Å². The minimum absolute atomic E-state index is 0.103. The summed E-state index contributed by atoms with van der Waals surface area (Å²) >= 11 is 1.30. The van der Waals surface area contributed by atoms with Gasteiger partial charge in [-0.1, -0.05) is 13.0 Å². The molecule has 7 nitrogen and oxygen atoms in total. The van der Waals surface area contributed by atoms with Crippen molar-refractivity contribution in [2.24, 2.45) is 5.92 Å². The highest BCUT2D eigenvalue weighted by molar-refractivity contribution is 7.91. The number of hydrogen-bond donors (Lipinski definition) is 0. The van der Waals surface area contributed by atoms with Crippen LogP contribution in [0.1, 0.15) is 35.9 Å². The Morgan fingerprint density at radius 2 is 1.97 bits per heavy atom. The molecule has 9 heteroatoms. The molecule has 0 aliphatic carbocycles. The maximum atomic E-state index is 13.3. The lowest BCUT2D eigenvalue weighted by atomic mass is 9.79. The molecule has 156 valence electrons. The first kappa shape index (κ1) is 20.3. The van der Waals surface area contributed by atoms with Crippen LogP contribution in [0.2, 0.25) is 0 Å². The predicted molar refractivity (Wildman–Crippen MR) is 112 cm³/mol. The number of hydrogen-bond acceptors (Lipinski definition) is 5. The third kappa shape index (κ3) is 3.35. The van der Waals surface area contributed by atoms with Gasteiger partial charge in [0.05, 0.1) is 0 Å². The van der Waals surface area contributed by atoms with E-state index in [0.717, 1.165) is 17.0 Å². The molecule has 0 spiro atoms. The molecule has 0 N–H and O–H groups in total. The molecule has 3 atom stereocenters. The van der Waals surface area contributed by atoms with Gasteiger partial charge in [-0.15, -0.1) is 11.3 Å². The van der Waals surface area contributed by atoms with Crippen LogP contribution in [0.4, 0.5) is 0 Å². The Balaban J connectivity index is 1.77. The Kier molecular flexibility index (Phi) is 5.16. The average Bonchev–Trinajstić information content (AvgIpc) is 3.18. The zero-order chi connectivity index (χ0) is 20.9. The lowest BCUT2D eigenvalue weighted by Crippen LogP contribution is -2.54. The molecule has 2 aliphatic heterocycles. The summed E-state index contributed by atoms with van der Waals surface area (Å²) in [7, 11) is -0.308. The van der Waals surface area contributed by atoms with Crippen LogP contribution in [0.25, 0.3) is 0 Å². The van der Waals surface area contributed by atoms with Gasteiger partial charge in [0.1, 0.15) is 10.3 Å². The van der Waals surface area contributed by atoms with E-state index < -0.39 is 16.1 Å². The predicted octanol–water partition coefficient (Wildman–Crippen LogP) is 1.91. The van der Waals surface area contributed by atoms with Crippen LogP contribution in [-0.2, 0) is 21.2 Å². The van der Waals surface area contributed by atoms with Crippen LogP contribution in [0.5, 0.6) is 0 Å². The van der Waals surface area contributed by atoms with E-state index in [1.54, 1.807) is 30.8 Å². The van der Waals surface area contributed by atoms with E-state index in [0.29, 0.717) is 17.2 Å². The number of aryl methyl sites for hydroxylation is 1. The molecule has 0 radical (unpaired) electrons. The van der Waals surface area contributed by atoms with Gasteiger partial charge in [0.25, 0.3) is 15.6 Å². The van der Waals surface area contributed by atoms with Crippen LogP contribution in [0, 0.1) is 5.92 Å². The highest BCUT2D eigenvalue weighted by atomic mass is 32.2. The molecular formula is C20H25N3O4S2. The minimum atomic E-state index is -3.64. The Hall–Kier alpha value is -1.97. The third-order valence-electron chi connectivity index (χ3n) is 5.89.